The van der Waals surface area contributed by atoms with Crippen LogP contribution in [0.4, 0.5) is 22.0 Å². The summed E-state index contributed by atoms with van der Waals surface area (Å²) in [5, 5.41) is 7.81. The Bertz CT molecular complexity index is 989. The smallest absolute Gasteiger partial charge is 0.417 e. The molecule has 0 spiro atoms. The number of amides is 1. The molecule has 2 aliphatic rings. The second-order valence-corrected chi connectivity index (χ2v) is 10.5. The zero-order chi connectivity index (χ0) is 22.6. The summed E-state index contributed by atoms with van der Waals surface area (Å²) >= 11 is 2.85. The molecule has 6 nitrogen and oxygen atoms in total. The number of nitrogens with zero attached hydrogens (tertiary/aromatic N) is 1. The summed E-state index contributed by atoms with van der Waals surface area (Å²) in [5.41, 5.74) is -1.42. The summed E-state index contributed by atoms with van der Waals surface area (Å²) in [7, 11) is -4.66. The second-order valence-electron chi connectivity index (χ2n) is 7.38. The molecule has 1 aliphatic heterocycles. The predicted octanol–water partition coefficient (Wildman–Crippen LogP) is 3.20. The highest BCUT2D eigenvalue weighted by atomic mass is 79.9. The molecule has 0 unspecified atom stereocenters. The minimum absolute atomic E-state index is 0.00428. The number of sulfone groups is 1. The molecular weight excluding hydrogens is 505 g/mol. The minimum atomic E-state index is -4.99. The van der Waals surface area contributed by atoms with E-state index in [1.807, 2.05) is 0 Å². The first kappa shape index (κ1) is 22.9. The van der Waals surface area contributed by atoms with Gasteiger partial charge in [0, 0.05) is 4.47 Å². The molecule has 3 rings (SSSR count). The largest absolute Gasteiger partial charge is 0.481 e. The van der Waals surface area contributed by atoms with Gasteiger partial charge in [-0.2, -0.15) is 13.2 Å². The van der Waals surface area contributed by atoms with Crippen LogP contribution in [0.15, 0.2) is 27.6 Å². The molecule has 13 heteroatoms. The fourth-order valence-electron chi connectivity index (χ4n) is 3.84. The summed E-state index contributed by atoms with van der Waals surface area (Å²) < 4.78 is 92.1. The average molecular weight is 520 g/mol. The number of hydrogen-bond donors (Lipinski definition) is 1. The molecule has 1 aromatic rings. The van der Waals surface area contributed by atoms with Crippen molar-refractivity contribution in [3.05, 3.63) is 28.2 Å². The molecule has 0 radical (unpaired) electrons. The Morgan fingerprint density at radius 2 is 1.70 bits per heavy atom. The molecule has 30 heavy (non-hydrogen) atoms. The molecule has 0 aromatic heterocycles. The number of halogens is 6. The van der Waals surface area contributed by atoms with Gasteiger partial charge in [0.25, 0.3) is 5.92 Å². The normalized spacial score (nSPS) is 26.3. The van der Waals surface area contributed by atoms with Gasteiger partial charge in [0.15, 0.2) is 9.84 Å². The van der Waals surface area contributed by atoms with E-state index in [0.29, 0.717) is 6.07 Å². The van der Waals surface area contributed by atoms with Gasteiger partial charge in [-0.25, -0.2) is 17.2 Å². The van der Waals surface area contributed by atoms with Crippen molar-refractivity contribution in [1.82, 2.24) is 4.90 Å². The van der Waals surface area contributed by atoms with Gasteiger partial charge in [-0.3, -0.25) is 9.59 Å². The van der Waals surface area contributed by atoms with E-state index in [-0.39, 0.29) is 4.47 Å². The SMILES string of the molecule is O=C(O)[C@@H]1C[C@@H](S(=O)(=O)c2ccc(Br)cc2C(F)(F)F)C[C@H]1C(=O)N1CC(F)(F)C1. The molecule has 1 saturated carbocycles. The summed E-state index contributed by atoms with van der Waals surface area (Å²) in [5.74, 6) is -8.46. The van der Waals surface area contributed by atoms with Gasteiger partial charge in [-0.05, 0) is 31.0 Å². The third kappa shape index (κ3) is 4.18. The summed E-state index contributed by atoms with van der Waals surface area (Å²) in [6.07, 6.45) is -6.14. The van der Waals surface area contributed by atoms with Gasteiger partial charge in [0.1, 0.15) is 0 Å². The lowest BCUT2D eigenvalue weighted by Gasteiger charge is -2.40. The lowest BCUT2D eigenvalue weighted by Crippen LogP contribution is -2.60. The van der Waals surface area contributed by atoms with Gasteiger partial charge in [0.2, 0.25) is 5.91 Å². The highest BCUT2D eigenvalue weighted by molar-refractivity contribution is 9.10. The number of carbonyl (C=O) groups is 2. The average Bonchev–Trinajstić information content (AvgIpc) is 3.04. The fourth-order valence-corrected chi connectivity index (χ4v) is 6.22. The first-order valence-corrected chi connectivity index (χ1v) is 11.0. The fraction of sp³-hybridized carbons (Fsp3) is 0.529. The standard InChI is InChI=1S/C17H15BrF5NO5S/c18-8-1-2-13(12(3-8)17(21,22)23)30(28,29)9-4-10(11(5-9)15(26)27)14(25)24-6-16(19,20)7-24/h1-3,9-11H,4-7H2,(H,26,27)/t9-,10+,11+/m0/s1. The number of rotatable bonds is 4. The van der Waals surface area contributed by atoms with Crippen LogP contribution in [-0.4, -0.2) is 54.6 Å². The van der Waals surface area contributed by atoms with Crippen LogP contribution in [-0.2, 0) is 25.6 Å². The van der Waals surface area contributed by atoms with Crippen LogP contribution in [0.2, 0.25) is 0 Å². The maximum atomic E-state index is 13.4. The first-order chi connectivity index (χ1) is 13.6. The van der Waals surface area contributed by atoms with E-state index in [1.54, 1.807) is 0 Å². The van der Waals surface area contributed by atoms with E-state index in [9.17, 15) is 45.1 Å². The number of alkyl halides is 5. The third-order valence-electron chi connectivity index (χ3n) is 5.30. The number of benzene rings is 1. The Balaban J connectivity index is 1.93. The zero-order valence-electron chi connectivity index (χ0n) is 15.0. The third-order valence-corrected chi connectivity index (χ3v) is 8.03. The summed E-state index contributed by atoms with van der Waals surface area (Å²) in [4.78, 5) is 23.7. The molecule has 1 heterocycles. The lowest BCUT2D eigenvalue weighted by atomic mass is 9.93. The molecule has 1 N–H and O–H groups in total. The molecule has 0 bridgehead atoms. The Labute approximate surface area is 176 Å². The Hall–Kier alpha value is -1.76. The zero-order valence-corrected chi connectivity index (χ0v) is 17.4. The quantitative estimate of drug-likeness (QED) is 0.616. The van der Waals surface area contributed by atoms with Crippen LogP contribution in [0.25, 0.3) is 0 Å². The summed E-state index contributed by atoms with van der Waals surface area (Å²) in [6.45, 7) is -1.81. The number of likely N-dealkylation sites (tertiary alicyclic amines) is 1. The van der Waals surface area contributed by atoms with E-state index in [1.165, 1.54) is 0 Å². The number of carboxylic acids is 1. The molecule has 1 aliphatic carbocycles. The second kappa shape index (κ2) is 7.43. The number of carboxylic acid groups (broad SMARTS) is 1. The van der Waals surface area contributed by atoms with Crippen LogP contribution in [0, 0.1) is 11.8 Å². The lowest BCUT2D eigenvalue weighted by molar-refractivity contribution is -0.172. The van der Waals surface area contributed by atoms with Crippen molar-refractivity contribution in [3.63, 3.8) is 0 Å². The van der Waals surface area contributed by atoms with Crippen molar-refractivity contribution < 1.29 is 45.1 Å². The van der Waals surface area contributed by atoms with Crippen molar-refractivity contribution in [3.8, 4) is 0 Å². The van der Waals surface area contributed by atoms with Crippen molar-refractivity contribution in [1.29, 1.82) is 0 Å². The maximum Gasteiger partial charge on any atom is 0.417 e. The Kier molecular flexibility index (Phi) is 5.68. The predicted molar refractivity (Wildman–Crippen MR) is 95.5 cm³/mol. The first-order valence-electron chi connectivity index (χ1n) is 8.63. The van der Waals surface area contributed by atoms with Crippen molar-refractivity contribution in [2.24, 2.45) is 11.8 Å². The molecule has 166 valence electrons. The highest BCUT2D eigenvalue weighted by Gasteiger charge is 2.54. The number of aliphatic carboxylic acids is 1. The maximum absolute atomic E-state index is 13.4. The van der Waals surface area contributed by atoms with Gasteiger partial charge >= 0.3 is 12.1 Å². The van der Waals surface area contributed by atoms with Crippen molar-refractivity contribution in [2.75, 3.05) is 13.1 Å². The monoisotopic (exact) mass is 519 g/mol. The van der Waals surface area contributed by atoms with Crippen LogP contribution in [0.3, 0.4) is 0 Å². The van der Waals surface area contributed by atoms with Gasteiger partial charge in [-0.15, -0.1) is 0 Å². The van der Waals surface area contributed by atoms with E-state index >= 15 is 0 Å². The van der Waals surface area contributed by atoms with Crippen LogP contribution < -0.4 is 0 Å². The Morgan fingerprint density at radius 1 is 1.13 bits per heavy atom. The van der Waals surface area contributed by atoms with E-state index in [4.69, 9.17) is 0 Å². The molecule has 2 fully saturated rings. The van der Waals surface area contributed by atoms with Crippen LogP contribution in [0.1, 0.15) is 18.4 Å². The van der Waals surface area contributed by atoms with Gasteiger partial charge in [0.05, 0.1) is 40.6 Å². The Morgan fingerprint density at radius 3 is 2.20 bits per heavy atom. The topological polar surface area (TPSA) is 91.7 Å². The molecule has 1 aromatic carbocycles. The number of carbonyl (C=O) groups excluding carboxylic acids is 1. The van der Waals surface area contributed by atoms with E-state index in [0.717, 1.165) is 17.0 Å². The van der Waals surface area contributed by atoms with E-state index < -0.39 is 87.3 Å². The number of hydrogen-bond acceptors (Lipinski definition) is 4. The van der Waals surface area contributed by atoms with Gasteiger partial charge < -0.3 is 10.0 Å². The summed E-state index contributed by atoms with van der Waals surface area (Å²) in [6, 6.07) is 2.47. The minimum Gasteiger partial charge on any atom is -0.481 e. The molecule has 1 saturated heterocycles. The van der Waals surface area contributed by atoms with Crippen LogP contribution >= 0.6 is 15.9 Å². The molecule has 3 atom stereocenters. The molecular formula is C17H15BrF5NO5S. The van der Waals surface area contributed by atoms with Gasteiger partial charge in [-0.1, -0.05) is 15.9 Å². The van der Waals surface area contributed by atoms with Crippen molar-refractivity contribution in [2.45, 2.75) is 35.1 Å². The van der Waals surface area contributed by atoms with E-state index in [2.05, 4.69) is 15.9 Å². The molecule has 1 amide bonds. The van der Waals surface area contributed by atoms with Crippen LogP contribution in [0.5, 0.6) is 0 Å². The van der Waals surface area contributed by atoms with Crippen molar-refractivity contribution >= 4 is 37.6 Å². The highest BCUT2D eigenvalue weighted by Crippen LogP contribution is 2.44.